The summed E-state index contributed by atoms with van der Waals surface area (Å²) < 4.78 is 11.1. The number of phenolic OH excluding ortho intramolecular Hbond substituents is 1. The van der Waals surface area contributed by atoms with E-state index in [4.69, 9.17) is 14.3 Å². The zero-order chi connectivity index (χ0) is 21.8. The van der Waals surface area contributed by atoms with Crippen molar-refractivity contribution in [2.24, 2.45) is 5.92 Å². The molecule has 3 aromatic rings. The molecule has 156 valence electrons. The van der Waals surface area contributed by atoms with Crippen LogP contribution in [0.4, 0.5) is 0 Å². The van der Waals surface area contributed by atoms with Crippen LogP contribution in [0.2, 0.25) is 0 Å². The van der Waals surface area contributed by atoms with E-state index in [1.165, 1.54) is 18.2 Å². The number of ether oxygens (including phenoxy) is 1. The Balaban J connectivity index is 1.84. The number of carbonyl (C=O) groups excluding carboxylic acids is 1. The fourth-order valence-electron chi connectivity index (χ4n) is 2.95. The molecule has 0 bridgehead atoms. The SMILES string of the molecule is CC(C)[C@@H](NC(=O)COc1cc(O)c2c(=O)cc(-c3ccccc3)oc2c1)C(=O)O. The van der Waals surface area contributed by atoms with Crippen molar-refractivity contribution < 1.29 is 29.0 Å². The molecule has 0 spiro atoms. The van der Waals surface area contributed by atoms with Crippen LogP contribution in [0.25, 0.3) is 22.3 Å². The molecule has 3 N–H and O–H groups in total. The van der Waals surface area contributed by atoms with Crippen LogP contribution in [0.15, 0.2) is 57.7 Å². The summed E-state index contributed by atoms with van der Waals surface area (Å²) >= 11 is 0. The van der Waals surface area contributed by atoms with E-state index < -0.39 is 30.0 Å². The zero-order valence-corrected chi connectivity index (χ0v) is 16.4. The highest BCUT2D eigenvalue weighted by Gasteiger charge is 2.23. The van der Waals surface area contributed by atoms with Crippen LogP contribution >= 0.6 is 0 Å². The summed E-state index contributed by atoms with van der Waals surface area (Å²) in [6.07, 6.45) is 0. The number of carboxylic acid groups (broad SMARTS) is 1. The summed E-state index contributed by atoms with van der Waals surface area (Å²) in [7, 11) is 0. The van der Waals surface area contributed by atoms with Gasteiger partial charge < -0.3 is 24.7 Å². The van der Waals surface area contributed by atoms with Gasteiger partial charge in [0.05, 0.1) is 0 Å². The van der Waals surface area contributed by atoms with Gasteiger partial charge in [-0.25, -0.2) is 4.79 Å². The summed E-state index contributed by atoms with van der Waals surface area (Å²) in [6.45, 7) is 2.88. The largest absolute Gasteiger partial charge is 0.507 e. The predicted octanol–water partition coefficient (Wildman–Crippen LogP) is 2.77. The minimum Gasteiger partial charge on any atom is -0.507 e. The van der Waals surface area contributed by atoms with E-state index in [1.54, 1.807) is 38.1 Å². The van der Waals surface area contributed by atoms with E-state index in [9.17, 15) is 19.5 Å². The number of nitrogens with one attached hydrogen (secondary N) is 1. The normalized spacial score (nSPS) is 12.0. The number of aliphatic carboxylic acids is 1. The number of phenols is 1. The molecule has 0 aliphatic carbocycles. The van der Waals surface area contributed by atoms with E-state index in [1.807, 2.05) is 6.07 Å². The third-order valence-corrected chi connectivity index (χ3v) is 4.46. The molecule has 30 heavy (non-hydrogen) atoms. The minimum atomic E-state index is -1.14. The summed E-state index contributed by atoms with van der Waals surface area (Å²) in [5, 5.41) is 21.8. The standard InChI is InChI=1S/C22H21NO7/c1-12(2)21(22(27)28)23-19(26)11-29-14-8-15(24)20-16(25)10-17(30-18(20)9-14)13-6-4-3-5-7-13/h3-10,12,21,24H,11H2,1-2H3,(H,23,26)(H,27,28)/t21-/m1/s1. The highest BCUT2D eigenvalue weighted by atomic mass is 16.5. The van der Waals surface area contributed by atoms with Crippen LogP contribution in [-0.4, -0.2) is 34.7 Å². The molecule has 1 heterocycles. The molecular formula is C22H21NO7. The van der Waals surface area contributed by atoms with E-state index in [-0.39, 0.29) is 28.4 Å². The summed E-state index contributed by atoms with van der Waals surface area (Å²) in [6, 6.07) is 11.8. The highest BCUT2D eigenvalue weighted by molar-refractivity contribution is 5.87. The number of carboxylic acids is 1. The molecule has 8 heteroatoms. The maximum atomic E-state index is 12.4. The Kier molecular flexibility index (Phi) is 6.06. The Morgan fingerprint density at radius 2 is 1.83 bits per heavy atom. The Hall–Kier alpha value is -3.81. The van der Waals surface area contributed by atoms with Crippen molar-refractivity contribution in [3.05, 3.63) is 58.8 Å². The lowest BCUT2D eigenvalue weighted by atomic mass is 10.1. The van der Waals surface area contributed by atoms with Crippen molar-refractivity contribution >= 4 is 22.8 Å². The molecule has 1 amide bonds. The molecule has 0 saturated carbocycles. The van der Waals surface area contributed by atoms with Gasteiger partial charge in [0.25, 0.3) is 5.91 Å². The van der Waals surface area contributed by atoms with Crippen molar-refractivity contribution in [3.63, 3.8) is 0 Å². The number of fused-ring (bicyclic) bond motifs is 1. The van der Waals surface area contributed by atoms with Crippen LogP contribution < -0.4 is 15.5 Å². The first-order valence-corrected chi connectivity index (χ1v) is 9.27. The fraction of sp³-hybridized carbons (Fsp3) is 0.227. The van der Waals surface area contributed by atoms with Gasteiger partial charge in [-0.3, -0.25) is 9.59 Å². The molecule has 0 fully saturated rings. The zero-order valence-electron chi connectivity index (χ0n) is 16.4. The Labute approximate surface area is 171 Å². The van der Waals surface area contributed by atoms with Crippen molar-refractivity contribution in [1.82, 2.24) is 5.32 Å². The molecule has 8 nitrogen and oxygen atoms in total. The lowest BCUT2D eigenvalue weighted by Crippen LogP contribution is -2.46. The number of benzene rings is 2. The maximum absolute atomic E-state index is 12.4. The van der Waals surface area contributed by atoms with Gasteiger partial charge in [-0.2, -0.15) is 0 Å². The minimum absolute atomic E-state index is 0.00256. The van der Waals surface area contributed by atoms with Crippen molar-refractivity contribution in [3.8, 4) is 22.8 Å². The van der Waals surface area contributed by atoms with E-state index >= 15 is 0 Å². The van der Waals surface area contributed by atoms with E-state index in [0.717, 1.165) is 0 Å². The lowest BCUT2D eigenvalue weighted by Gasteiger charge is -2.18. The second-order valence-electron chi connectivity index (χ2n) is 7.07. The number of hydrogen-bond donors (Lipinski definition) is 3. The Bertz CT molecular complexity index is 1140. The Morgan fingerprint density at radius 1 is 1.13 bits per heavy atom. The van der Waals surface area contributed by atoms with Crippen LogP contribution in [0, 0.1) is 5.92 Å². The molecule has 0 saturated heterocycles. The van der Waals surface area contributed by atoms with Gasteiger partial charge in [-0.05, 0) is 5.92 Å². The average Bonchev–Trinajstić information content (AvgIpc) is 2.70. The number of hydrogen-bond acceptors (Lipinski definition) is 6. The van der Waals surface area contributed by atoms with Crippen LogP contribution in [0.5, 0.6) is 11.5 Å². The van der Waals surface area contributed by atoms with Gasteiger partial charge in [0, 0.05) is 23.8 Å². The first kappa shape index (κ1) is 20.9. The third-order valence-electron chi connectivity index (χ3n) is 4.46. The number of aromatic hydroxyl groups is 1. The molecule has 0 aliphatic heterocycles. The van der Waals surface area contributed by atoms with Crippen LogP contribution in [-0.2, 0) is 9.59 Å². The molecule has 0 unspecified atom stereocenters. The van der Waals surface area contributed by atoms with Crippen molar-refractivity contribution in [1.29, 1.82) is 0 Å². The Morgan fingerprint density at radius 3 is 2.47 bits per heavy atom. The number of carbonyl (C=O) groups is 2. The van der Waals surface area contributed by atoms with E-state index in [0.29, 0.717) is 11.3 Å². The predicted molar refractivity (Wildman–Crippen MR) is 109 cm³/mol. The van der Waals surface area contributed by atoms with Gasteiger partial charge in [-0.1, -0.05) is 44.2 Å². The molecule has 2 aromatic carbocycles. The monoisotopic (exact) mass is 411 g/mol. The van der Waals surface area contributed by atoms with Gasteiger partial charge >= 0.3 is 5.97 Å². The van der Waals surface area contributed by atoms with Crippen molar-refractivity contribution in [2.75, 3.05) is 6.61 Å². The molecule has 1 atom stereocenters. The summed E-state index contributed by atoms with van der Waals surface area (Å²) in [5.74, 6) is -2.00. The number of rotatable bonds is 7. The number of amides is 1. The van der Waals surface area contributed by atoms with Gasteiger partial charge in [0.15, 0.2) is 12.0 Å². The molecule has 3 rings (SSSR count). The molecule has 0 radical (unpaired) electrons. The van der Waals surface area contributed by atoms with Crippen LogP contribution in [0.1, 0.15) is 13.8 Å². The van der Waals surface area contributed by atoms with Gasteiger partial charge in [0.1, 0.15) is 34.3 Å². The smallest absolute Gasteiger partial charge is 0.326 e. The van der Waals surface area contributed by atoms with Gasteiger partial charge in [0.2, 0.25) is 0 Å². The molecule has 1 aromatic heterocycles. The first-order chi connectivity index (χ1) is 14.3. The fourth-order valence-corrected chi connectivity index (χ4v) is 2.95. The topological polar surface area (TPSA) is 126 Å². The maximum Gasteiger partial charge on any atom is 0.326 e. The van der Waals surface area contributed by atoms with Gasteiger partial charge in [-0.15, -0.1) is 0 Å². The van der Waals surface area contributed by atoms with Crippen LogP contribution in [0.3, 0.4) is 0 Å². The van der Waals surface area contributed by atoms with E-state index in [2.05, 4.69) is 5.32 Å². The lowest BCUT2D eigenvalue weighted by molar-refractivity contribution is -0.143. The third kappa shape index (κ3) is 4.60. The quantitative estimate of drug-likeness (QED) is 0.546. The highest BCUT2D eigenvalue weighted by Crippen LogP contribution is 2.31. The molecular weight excluding hydrogens is 390 g/mol. The summed E-state index contributed by atoms with van der Waals surface area (Å²) in [5.41, 5.74) is 0.371. The summed E-state index contributed by atoms with van der Waals surface area (Å²) in [4.78, 5) is 35.7. The average molecular weight is 411 g/mol. The molecule has 0 aliphatic rings. The first-order valence-electron chi connectivity index (χ1n) is 9.27. The van der Waals surface area contributed by atoms with Crippen molar-refractivity contribution in [2.45, 2.75) is 19.9 Å². The second kappa shape index (κ2) is 8.69. The second-order valence-corrected chi connectivity index (χ2v) is 7.07.